The number of rotatable bonds is 2. The highest BCUT2D eigenvalue weighted by atomic mass is 32.1. The molecule has 0 saturated heterocycles. The number of thiocarbonyl (C=S) groups is 1. The molecule has 0 unspecified atom stereocenters. The molecule has 0 fully saturated rings. The van der Waals surface area contributed by atoms with Crippen molar-refractivity contribution in [1.29, 1.82) is 0 Å². The van der Waals surface area contributed by atoms with Crippen molar-refractivity contribution in [3.63, 3.8) is 0 Å². The number of amides is 1. The molecule has 0 radical (unpaired) electrons. The third-order valence-corrected chi connectivity index (χ3v) is 4.15. The van der Waals surface area contributed by atoms with Gasteiger partial charge in [-0.1, -0.05) is 12.2 Å². The van der Waals surface area contributed by atoms with Gasteiger partial charge in [-0.2, -0.15) is 0 Å². The minimum Gasteiger partial charge on any atom is -0.389 e. The van der Waals surface area contributed by atoms with Gasteiger partial charge in [0.15, 0.2) is 0 Å². The van der Waals surface area contributed by atoms with Crippen molar-refractivity contribution in [1.82, 2.24) is 0 Å². The summed E-state index contributed by atoms with van der Waals surface area (Å²) in [5.41, 5.74) is 12.9. The lowest BCUT2D eigenvalue weighted by molar-refractivity contribution is 0.100. The molecule has 3 nitrogen and oxygen atoms in total. The second kappa shape index (κ2) is 3.90. The van der Waals surface area contributed by atoms with Crippen LogP contribution in [-0.2, 0) is 12.8 Å². The van der Waals surface area contributed by atoms with Gasteiger partial charge >= 0.3 is 0 Å². The van der Waals surface area contributed by atoms with Crippen LogP contribution in [0.15, 0.2) is 0 Å². The average molecular weight is 240 g/mol. The maximum atomic E-state index is 11.3. The molecule has 1 aromatic heterocycles. The van der Waals surface area contributed by atoms with Gasteiger partial charge in [0, 0.05) is 10.4 Å². The number of carbonyl (C=O) groups is 1. The van der Waals surface area contributed by atoms with Gasteiger partial charge in [0.05, 0.1) is 0 Å². The van der Waals surface area contributed by atoms with Crippen LogP contribution in [0.1, 0.15) is 38.5 Å². The first kappa shape index (κ1) is 10.6. The summed E-state index contributed by atoms with van der Waals surface area (Å²) in [5, 5.41) is 0. The molecule has 1 aliphatic carbocycles. The van der Waals surface area contributed by atoms with Gasteiger partial charge in [0.25, 0.3) is 5.91 Å². The lowest BCUT2D eigenvalue weighted by Crippen LogP contribution is -2.19. The maximum Gasteiger partial charge on any atom is 0.259 e. The number of hydrogen-bond donors (Lipinski definition) is 2. The third-order valence-electron chi connectivity index (χ3n) is 2.64. The standard InChI is InChI=1S/C10H12N2OS2/c11-9(13)8-7(10(12)14)5-3-1-2-4-6(5)15-8/h1-4H2,(H2,11,13)(H2,12,14). The average Bonchev–Trinajstić information content (AvgIpc) is 2.56. The van der Waals surface area contributed by atoms with E-state index in [9.17, 15) is 4.79 Å². The molecule has 0 aliphatic heterocycles. The molecule has 0 bridgehead atoms. The number of thiophene rings is 1. The van der Waals surface area contributed by atoms with E-state index in [0.29, 0.717) is 9.87 Å². The lowest BCUT2D eigenvalue weighted by Gasteiger charge is -2.11. The van der Waals surface area contributed by atoms with Crippen LogP contribution in [0.25, 0.3) is 0 Å². The Bertz CT molecular complexity index is 437. The minimum atomic E-state index is -0.419. The number of fused-ring (bicyclic) bond motifs is 1. The Morgan fingerprint density at radius 2 is 1.93 bits per heavy atom. The molecule has 1 amide bonds. The molecule has 5 heteroatoms. The summed E-state index contributed by atoms with van der Waals surface area (Å²) in [5.74, 6) is -0.419. The number of carbonyl (C=O) groups excluding carboxylic acids is 1. The molecular formula is C10H12N2OS2. The van der Waals surface area contributed by atoms with E-state index in [0.717, 1.165) is 30.4 Å². The Labute approximate surface area is 97.5 Å². The number of nitrogens with two attached hydrogens (primary N) is 2. The van der Waals surface area contributed by atoms with Crippen LogP contribution in [0, 0.1) is 0 Å². The van der Waals surface area contributed by atoms with Crippen molar-refractivity contribution in [2.24, 2.45) is 11.5 Å². The Balaban J connectivity index is 2.61. The Kier molecular flexibility index (Phi) is 2.75. The summed E-state index contributed by atoms with van der Waals surface area (Å²) < 4.78 is 0. The molecule has 1 aromatic rings. The summed E-state index contributed by atoms with van der Waals surface area (Å²) in [4.78, 5) is 13.3. The molecule has 0 spiro atoms. The van der Waals surface area contributed by atoms with Gasteiger partial charge in [-0.15, -0.1) is 11.3 Å². The summed E-state index contributed by atoms with van der Waals surface area (Å²) in [6.45, 7) is 0. The Morgan fingerprint density at radius 1 is 1.27 bits per heavy atom. The highest BCUT2D eigenvalue weighted by Crippen LogP contribution is 2.34. The van der Waals surface area contributed by atoms with E-state index >= 15 is 0 Å². The predicted octanol–water partition coefficient (Wildman–Crippen LogP) is 1.36. The SMILES string of the molecule is NC(=O)c1sc2c(c1C(N)=S)CCCC2. The highest BCUT2D eigenvalue weighted by molar-refractivity contribution is 7.80. The van der Waals surface area contributed by atoms with E-state index in [4.69, 9.17) is 23.7 Å². The first-order valence-corrected chi connectivity index (χ1v) is 6.08. The van der Waals surface area contributed by atoms with Crippen LogP contribution in [0.4, 0.5) is 0 Å². The van der Waals surface area contributed by atoms with E-state index < -0.39 is 5.91 Å². The van der Waals surface area contributed by atoms with Crippen LogP contribution in [0.2, 0.25) is 0 Å². The normalized spacial score (nSPS) is 14.7. The molecule has 15 heavy (non-hydrogen) atoms. The number of primary amides is 1. The van der Waals surface area contributed by atoms with Gasteiger partial charge in [-0.25, -0.2) is 0 Å². The Hall–Kier alpha value is -0.940. The molecule has 2 rings (SSSR count). The maximum absolute atomic E-state index is 11.3. The fourth-order valence-electron chi connectivity index (χ4n) is 2.00. The quantitative estimate of drug-likeness (QED) is 0.767. The molecule has 0 atom stereocenters. The molecule has 0 saturated carbocycles. The second-order valence-electron chi connectivity index (χ2n) is 3.64. The zero-order valence-corrected chi connectivity index (χ0v) is 9.84. The van der Waals surface area contributed by atoms with Crippen molar-refractivity contribution < 1.29 is 4.79 Å². The van der Waals surface area contributed by atoms with Gasteiger partial charge in [-0.3, -0.25) is 4.79 Å². The molecule has 80 valence electrons. The zero-order chi connectivity index (χ0) is 11.0. The van der Waals surface area contributed by atoms with Gasteiger partial charge in [-0.05, 0) is 31.2 Å². The summed E-state index contributed by atoms with van der Waals surface area (Å²) in [7, 11) is 0. The van der Waals surface area contributed by atoms with Crippen molar-refractivity contribution in [2.75, 3.05) is 0 Å². The predicted molar refractivity (Wildman–Crippen MR) is 65.4 cm³/mol. The molecule has 4 N–H and O–H groups in total. The monoisotopic (exact) mass is 240 g/mol. The topological polar surface area (TPSA) is 69.1 Å². The van der Waals surface area contributed by atoms with Crippen LogP contribution >= 0.6 is 23.6 Å². The first-order chi connectivity index (χ1) is 7.11. The van der Waals surface area contributed by atoms with E-state index in [-0.39, 0.29) is 0 Å². The van der Waals surface area contributed by atoms with Crippen molar-refractivity contribution >= 4 is 34.5 Å². The van der Waals surface area contributed by atoms with Gasteiger partial charge < -0.3 is 11.5 Å². The lowest BCUT2D eigenvalue weighted by atomic mass is 9.95. The molecule has 1 heterocycles. The van der Waals surface area contributed by atoms with Crippen LogP contribution < -0.4 is 11.5 Å². The number of aryl methyl sites for hydroxylation is 1. The van der Waals surface area contributed by atoms with Crippen LogP contribution in [0.5, 0.6) is 0 Å². The summed E-state index contributed by atoms with van der Waals surface area (Å²) >= 11 is 6.44. The molecular weight excluding hydrogens is 228 g/mol. The molecule has 1 aliphatic rings. The first-order valence-electron chi connectivity index (χ1n) is 4.85. The van der Waals surface area contributed by atoms with E-state index in [1.54, 1.807) is 0 Å². The zero-order valence-electron chi connectivity index (χ0n) is 8.21. The van der Waals surface area contributed by atoms with E-state index in [1.165, 1.54) is 22.6 Å². The van der Waals surface area contributed by atoms with Crippen molar-refractivity contribution in [2.45, 2.75) is 25.7 Å². The Morgan fingerprint density at radius 3 is 2.53 bits per heavy atom. The van der Waals surface area contributed by atoms with E-state index in [1.807, 2.05) is 0 Å². The van der Waals surface area contributed by atoms with Crippen LogP contribution in [-0.4, -0.2) is 10.9 Å². The summed E-state index contributed by atoms with van der Waals surface area (Å²) in [6.07, 6.45) is 4.29. The van der Waals surface area contributed by atoms with Gasteiger partial charge in [0.1, 0.15) is 9.87 Å². The molecule has 0 aromatic carbocycles. The van der Waals surface area contributed by atoms with Crippen molar-refractivity contribution in [3.05, 3.63) is 20.9 Å². The fourth-order valence-corrected chi connectivity index (χ4v) is 3.55. The van der Waals surface area contributed by atoms with Gasteiger partial charge in [0.2, 0.25) is 0 Å². The summed E-state index contributed by atoms with van der Waals surface area (Å²) in [6, 6.07) is 0. The smallest absolute Gasteiger partial charge is 0.259 e. The second-order valence-corrected chi connectivity index (χ2v) is 5.19. The number of hydrogen-bond acceptors (Lipinski definition) is 3. The van der Waals surface area contributed by atoms with Crippen molar-refractivity contribution in [3.8, 4) is 0 Å². The highest BCUT2D eigenvalue weighted by Gasteiger charge is 2.24. The van der Waals surface area contributed by atoms with Crippen LogP contribution in [0.3, 0.4) is 0 Å². The minimum absolute atomic E-state index is 0.295. The van der Waals surface area contributed by atoms with E-state index in [2.05, 4.69) is 0 Å². The largest absolute Gasteiger partial charge is 0.389 e. The fraction of sp³-hybridized carbons (Fsp3) is 0.400. The third kappa shape index (κ3) is 1.77.